The number of nitrogens with zero attached hydrogens (tertiary/aromatic N) is 4. The third-order valence-corrected chi connectivity index (χ3v) is 6.89. The number of amides is 1. The van der Waals surface area contributed by atoms with E-state index in [4.69, 9.17) is 12.2 Å². The molecule has 2 aliphatic rings. The fourth-order valence-corrected chi connectivity index (χ4v) is 4.96. The quantitative estimate of drug-likeness (QED) is 0.487. The van der Waals surface area contributed by atoms with E-state index < -0.39 is 0 Å². The van der Waals surface area contributed by atoms with E-state index in [0.717, 1.165) is 55.0 Å². The summed E-state index contributed by atoms with van der Waals surface area (Å²) in [7, 11) is 2.18. The molecule has 0 aliphatic carbocycles. The normalized spacial score (nSPS) is 19.5. The molecule has 158 valence electrons. The van der Waals surface area contributed by atoms with Crippen LogP contribution in [-0.4, -0.2) is 62.8 Å². The van der Waals surface area contributed by atoms with Crippen molar-refractivity contribution in [1.29, 1.82) is 0 Å². The van der Waals surface area contributed by atoms with Gasteiger partial charge in [-0.2, -0.15) is 0 Å². The molecule has 0 atom stereocenters. The molecule has 0 spiro atoms. The van der Waals surface area contributed by atoms with Gasteiger partial charge in [0.15, 0.2) is 0 Å². The van der Waals surface area contributed by atoms with Gasteiger partial charge >= 0.3 is 0 Å². The van der Waals surface area contributed by atoms with Gasteiger partial charge in [0, 0.05) is 38.4 Å². The van der Waals surface area contributed by atoms with E-state index in [1.54, 1.807) is 0 Å². The molecule has 0 unspecified atom stereocenters. The molecule has 5 rings (SSSR count). The largest absolute Gasteiger partial charge is 0.307 e. The smallest absolute Gasteiger partial charge is 0.263 e. The molecule has 2 saturated heterocycles. The average molecular weight is 450 g/mol. The van der Waals surface area contributed by atoms with E-state index in [-0.39, 0.29) is 5.91 Å². The molecule has 0 radical (unpaired) electrons. The first-order valence-electron chi connectivity index (χ1n) is 10.3. The number of likely N-dealkylation sites (N-methyl/N-ethyl adjacent to an activating group) is 1. The minimum atomic E-state index is -0.139. The molecule has 3 heterocycles. The third-order valence-electron chi connectivity index (χ3n) is 5.73. The summed E-state index contributed by atoms with van der Waals surface area (Å²) in [5, 5.41) is 2.66. The molecule has 8 heteroatoms. The highest BCUT2D eigenvalue weighted by atomic mass is 32.2. The Morgan fingerprint density at radius 2 is 1.90 bits per heavy atom. The number of nitrogens with one attached hydrogen (secondary N) is 1. The topological polar surface area (TPSA) is 53.4 Å². The Labute approximate surface area is 190 Å². The lowest BCUT2D eigenvalue weighted by Gasteiger charge is -2.32. The van der Waals surface area contributed by atoms with Crippen LogP contribution in [0.5, 0.6) is 0 Å². The van der Waals surface area contributed by atoms with Crippen LogP contribution < -0.4 is 5.32 Å². The van der Waals surface area contributed by atoms with Gasteiger partial charge in [-0.05, 0) is 48.5 Å². The summed E-state index contributed by atoms with van der Waals surface area (Å²) in [6.45, 7) is 5.47. The van der Waals surface area contributed by atoms with Crippen LogP contribution in [0.15, 0.2) is 53.7 Å². The second-order valence-corrected chi connectivity index (χ2v) is 9.68. The van der Waals surface area contributed by atoms with Gasteiger partial charge in [-0.25, -0.2) is 4.98 Å². The number of hydrogen-bond acceptors (Lipinski definition) is 6. The van der Waals surface area contributed by atoms with Gasteiger partial charge in [0.2, 0.25) is 0 Å². The number of benzene rings is 2. The fraction of sp³-hybridized carbons (Fsp3) is 0.261. The number of aromatic nitrogens is 2. The first kappa shape index (κ1) is 20.4. The second kappa shape index (κ2) is 8.55. The van der Waals surface area contributed by atoms with E-state index in [0.29, 0.717) is 9.23 Å². The standard InChI is InChI=1S/C23H23N5OS2/c1-26-8-10-27(11-9-26)14-16-2-5-18(6-3-16)28-15-24-19-7-4-17(12-20(19)28)13-21-22(29)25-23(30)31-21/h2-7,12-13,15H,8-11,14H2,1H3,(H,25,29,30)/b21-13-. The van der Waals surface area contributed by atoms with Crippen LogP contribution in [0.4, 0.5) is 0 Å². The molecule has 31 heavy (non-hydrogen) atoms. The summed E-state index contributed by atoms with van der Waals surface area (Å²) in [4.78, 5) is 22.0. The van der Waals surface area contributed by atoms with Gasteiger partial charge in [0.1, 0.15) is 10.6 Å². The van der Waals surface area contributed by atoms with Crippen LogP contribution in [0, 0.1) is 0 Å². The molecule has 6 nitrogen and oxygen atoms in total. The molecule has 2 aliphatic heterocycles. The Morgan fingerprint density at radius 1 is 1.13 bits per heavy atom. The Hall–Kier alpha value is -2.52. The maximum atomic E-state index is 12.0. The zero-order chi connectivity index (χ0) is 21.4. The molecular formula is C23H23N5OS2. The summed E-state index contributed by atoms with van der Waals surface area (Å²) in [6.07, 6.45) is 3.72. The summed E-state index contributed by atoms with van der Waals surface area (Å²) in [5.41, 5.74) is 5.27. The predicted octanol–water partition coefficient (Wildman–Crippen LogP) is 3.26. The monoisotopic (exact) mass is 449 g/mol. The van der Waals surface area contributed by atoms with Gasteiger partial charge < -0.3 is 10.2 Å². The van der Waals surface area contributed by atoms with E-state index in [9.17, 15) is 4.79 Å². The molecule has 0 saturated carbocycles. The number of carbonyl (C=O) groups excluding carboxylic acids is 1. The second-order valence-electron chi connectivity index (χ2n) is 7.96. The molecule has 3 aromatic rings. The van der Waals surface area contributed by atoms with Crippen molar-refractivity contribution in [1.82, 2.24) is 24.7 Å². The zero-order valence-corrected chi connectivity index (χ0v) is 18.9. The number of thiocarbonyl (C=S) groups is 1. The molecule has 2 aromatic carbocycles. The summed E-state index contributed by atoms with van der Waals surface area (Å²) in [6, 6.07) is 14.7. The van der Waals surface area contributed by atoms with Crippen molar-refractivity contribution < 1.29 is 4.79 Å². The van der Waals surface area contributed by atoms with Crippen molar-refractivity contribution in [2.24, 2.45) is 0 Å². The summed E-state index contributed by atoms with van der Waals surface area (Å²) < 4.78 is 2.59. The SMILES string of the molecule is CN1CCN(Cc2ccc(-n3cnc4ccc(/C=C5\SC(=S)NC5=O)cc43)cc2)CC1. The van der Waals surface area contributed by atoms with Gasteiger partial charge in [-0.15, -0.1) is 0 Å². The lowest BCUT2D eigenvalue weighted by molar-refractivity contribution is -0.115. The van der Waals surface area contributed by atoms with E-state index in [1.165, 1.54) is 17.3 Å². The van der Waals surface area contributed by atoms with Crippen LogP contribution in [0.25, 0.3) is 22.8 Å². The average Bonchev–Trinajstić information content (AvgIpc) is 3.32. The van der Waals surface area contributed by atoms with Crippen LogP contribution in [-0.2, 0) is 11.3 Å². The van der Waals surface area contributed by atoms with Gasteiger partial charge in [0.25, 0.3) is 5.91 Å². The third kappa shape index (κ3) is 4.43. The van der Waals surface area contributed by atoms with Crippen molar-refractivity contribution in [2.75, 3.05) is 33.2 Å². The van der Waals surface area contributed by atoms with E-state index in [1.807, 2.05) is 24.5 Å². The zero-order valence-electron chi connectivity index (χ0n) is 17.2. The van der Waals surface area contributed by atoms with Crippen LogP contribution >= 0.6 is 24.0 Å². The van der Waals surface area contributed by atoms with Gasteiger partial charge in [-0.3, -0.25) is 14.3 Å². The summed E-state index contributed by atoms with van der Waals surface area (Å²) >= 11 is 6.37. The Morgan fingerprint density at radius 3 is 2.61 bits per heavy atom. The molecule has 2 fully saturated rings. The van der Waals surface area contributed by atoms with Crippen LogP contribution in [0.1, 0.15) is 11.1 Å². The molecule has 1 N–H and O–H groups in total. The number of thioether (sulfide) groups is 1. The molecule has 1 aromatic heterocycles. The lowest BCUT2D eigenvalue weighted by Crippen LogP contribution is -2.43. The van der Waals surface area contributed by atoms with Crippen LogP contribution in [0.2, 0.25) is 0 Å². The molecule has 0 bridgehead atoms. The van der Waals surface area contributed by atoms with Crippen molar-refractivity contribution in [2.45, 2.75) is 6.54 Å². The highest BCUT2D eigenvalue weighted by molar-refractivity contribution is 8.26. The highest BCUT2D eigenvalue weighted by Gasteiger charge is 2.22. The number of imidazole rings is 1. The maximum absolute atomic E-state index is 12.0. The molecular weight excluding hydrogens is 426 g/mol. The minimum absolute atomic E-state index is 0.139. The maximum Gasteiger partial charge on any atom is 0.263 e. The number of fused-ring (bicyclic) bond motifs is 1. The van der Waals surface area contributed by atoms with Crippen molar-refractivity contribution in [3.63, 3.8) is 0 Å². The Balaban J connectivity index is 1.38. The van der Waals surface area contributed by atoms with Gasteiger partial charge in [-0.1, -0.05) is 42.2 Å². The van der Waals surface area contributed by atoms with Crippen molar-refractivity contribution >= 4 is 51.3 Å². The number of piperazine rings is 1. The van der Waals surface area contributed by atoms with E-state index >= 15 is 0 Å². The van der Waals surface area contributed by atoms with Gasteiger partial charge in [0.05, 0.1) is 15.9 Å². The number of hydrogen-bond donors (Lipinski definition) is 1. The number of carbonyl (C=O) groups is 1. The Kier molecular flexibility index (Phi) is 5.62. The first-order valence-corrected chi connectivity index (χ1v) is 11.5. The highest BCUT2D eigenvalue weighted by Crippen LogP contribution is 2.27. The lowest BCUT2D eigenvalue weighted by atomic mass is 10.1. The minimum Gasteiger partial charge on any atom is -0.307 e. The van der Waals surface area contributed by atoms with Crippen LogP contribution in [0.3, 0.4) is 0 Å². The number of rotatable bonds is 4. The van der Waals surface area contributed by atoms with Crippen molar-refractivity contribution in [3.8, 4) is 5.69 Å². The van der Waals surface area contributed by atoms with E-state index in [2.05, 4.69) is 62.0 Å². The summed E-state index contributed by atoms with van der Waals surface area (Å²) in [5.74, 6) is -0.139. The predicted molar refractivity (Wildman–Crippen MR) is 130 cm³/mol. The fourth-order valence-electron chi connectivity index (χ4n) is 3.92. The van der Waals surface area contributed by atoms with Crippen molar-refractivity contribution in [3.05, 3.63) is 64.8 Å². The molecule has 1 amide bonds. The first-order chi connectivity index (χ1) is 15.0. The Bertz CT molecular complexity index is 1180.